The third-order valence-corrected chi connectivity index (χ3v) is 4.60. The number of hydrogen-bond acceptors (Lipinski definition) is 4. The highest BCUT2D eigenvalue weighted by molar-refractivity contribution is 5.80. The van der Waals surface area contributed by atoms with E-state index >= 15 is 0 Å². The van der Waals surface area contributed by atoms with Crippen LogP contribution in [0, 0.1) is 0 Å². The maximum absolute atomic E-state index is 5.77. The summed E-state index contributed by atoms with van der Waals surface area (Å²) in [6.45, 7) is 7.21. The Balaban J connectivity index is 1.92. The Hall–Kier alpha value is -1.53. The second kappa shape index (κ2) is 9.69. The molecule has 1 atom stereocenters. The molecule has 6 nitrogen and oxygen atoms in total. The van der Waals surface area contributed by atoms with Crippen LogP contribution in [0.4, 0.5) is 0 Å². The van der Waals surface area contributed by atoms with Crippen molar-refractivity contribution in [3.05, 3.63) is 24.2 Å². The van der Waals surface area contributed by atoms with Gasteiger partial charge in [-0.1, -0.05) is 6.92 Å². The Labute approximate surface area is 145 Å². The first kappa shape index (κ1) is 18.8. The van der Waals surface area contributed by atoms with Gasteiger partial charge in [0, 0.05) is 52.2 Å². The smallest absolute Gasteiger partial charge is 0.191 e. The van der Waals surface area contributed by atoms with Gasteiger partial charge in [0.25, 0.3) is 0 Å². The Bertz CT molecular complexity index is 482. The third-order valence-electron chi connectivity index (χ3n) is 4.60. The predicted octanol–water partition coefficient (Wildman–Crippen LogP) is 2.35. The van der Waals surface area contributed by atoms with Crippen LogP contribution >= 0.6 is 0 Å². The van der Waals surface area contributed by atoms with Crippen LogP contribution in [0.5, 0.6) is 0 Å². The fourth-order valence-corrected chi connectivity index (χ4v) is 2.64. The number of methoxy groups -OCH3 is 1. The van der Waals surface area contributed by atoms with E-state index in [1.165, 1.54) is 0 Å². The number of ether oxygens (including phenoxy) is 2. The van der Waals surface area contributed by atoms with Crippen molar-refractivity contribution in [2.24, 2.45) is 4.99 Å². The fourth-order valence-electron chi connectivity index (χ4n) is 2.64. The van der Waals surface area contributed by atoms with Gasteiger partial charge in [-0.05, 0) is 25.5 Å². The average Bonchev–Trinajstić information content (AvgIpc) is 3.13. The van der Waals surface area contributed by atoms with Crippen LogP contribution in [0.25, 0.3) is 0 Å². The minimum atomic E-state index is -0.205. The van der Waals surface area contributed by atoms with Crippen LogP contribution in [0.1, 0.15) is 38.9 Å². The summed E-state index contributed by atoms with van der Waals surface area (Å²) in [7, 11) is 1.77. The molecule has 1 fully saturated rings. The quantitative estimate of drug-likeness (QED) is 0.563. The van der Waals surface area contributed by atoms with Crippen molar-refractivity contribution < 1.29 is 13.9 Å². The first-order valence-corrected chi connectivity index (χ1v) is 8.87. The van der Waals surface area contributed by atoms with Crippen LogP contribution in [-0.2, 0) is 15.9 Å². The molecule has 0 aliphatic carbocycles. The summed E-state index contributed by atoms with van der Waals surface area (Å²) >= 11 is 0. The second-order valence-corrected chi connectivity index (χ2v) is 6.37. The fraction of sp³-hybridized carbons (Fsp3) is 0.722. The molecule has 0 saturated carbocycles. The normalized spacial score (nSPS) is 19.0. The third kappa shape index (κ3) is 5.83. The molecule has 1 aliphatic heterocycles. The van der Waals surface area contributed by atoms with Crippen molar-refractivity contribution in [1.29, 1.82) is 0 Å². The molecule has 24 heavy (non-hydrogen) atoms. The standard InChI is InChI=1S/C18H31N3O3/c1-4-15(2)21-17(19-10-7-16-6-5-11-24-16)20-14-18(22-3)8-12-23-13-9-18/h5-6,11,15H,4,7-10,12-14H2,1-3H3,(H2,19,20,21). The number of aliphatic imine (C=N–C) groups is 1. The molecule has 1 saturated heterocycles. The van der Waals surface area contributed by atoms with E-state index in [1.54, 1.807) is 13.4 Å². The van der Waals surface area contributed by atoms with E-state index < -0.39 is 0 Å². The van der Waals surface area contributed by atoms with Crippen molar-refractivity contribution in [2.75, 3.05) is 33.4 Å². The summed E-state index contributed by atoms with van der Waals surface area (Å²) in [4.78, 5) is 4.78. The summed E-state index contributed by atoms with van der Waals surface area (Å²) in [5.74, 6) is 1.81. The van der Waals surface area contributed by atoms with E-state index in [0.717, 1.165) is 57.2 Å². The van der Waals surface area contributed by atoms with Crippen LogP contribution < -0.4 is 10.6 Å². The lowest BCUT2D eigenvalue weighted by Crippen LogP contribution is -2.46. The van der Waals surface area contributed by atoms with E-state index in [1.807, 2.05) is 12.1 Å². The maximum Gasteiger partial charge on any atom is 0.191 e. The number of rotatable bonds is 8. The van der Waals surface area contributed by atoms with E-state index in [4.69, 9.17) is 18.9 Å². The first-order valence-electron chi connectivity index (χ1n) is 8.87. The van der Waals surface area contributed by atoms with Crippen molar-refractivity contribution in [2.45, 2.75) is 51.2 Å². The van der Waals surface area contributed by atoms with Crippen LogP contribution in [-0.4, -0.2) is 51.0 Å². The zero-order chi connectivity index (χ0) is 17.3. The zero-order valence-electron chi connectivity index (χ0n) is 15.1. The van der Waals surface area contributed by atoms with E-state index in [-0.39, 0.29) is 5.60 Å². The Morgan fingerprint density at radius 3 is 2.83 bits per heavy atom. The molecular weight excluding hydrogens is 306 g/mol. The number of nitrogens with one attached hydrogen (secondary N) is 2. The average molecular weight is 337 g/mol. The summed E-state index contributed by atoms with van der Waals surface area (Å²) in [6.07, 6.45) is 5.35. The molecule has 0 bridgehead atoms. The van der Waals surface area contributed by atoms with E-state index in [0.29, 0.717) is 12.6 Å². The van der Waals surface area contributed by atoms with Gasteiger partial charge in [-0.25, -0.2) is 0 Å². The molecule has 6 heteroatoms. The van der Waals surface area contributed by atoms with Gasteiger partial charge in [0.1, 0.15) is 5.76 Å². The van der Waals surface area contributed by atoms with Crippen molar-refractivity contribution in [1.82, 2.24) is 10.6 Å². The van der Waals surface area contributed by atoms with Gasteiger partial charge >= 0.3 is 0 Å². The van der Waals surface area contributed by atoms with Crippen LogP contribution in [0.2, 0.25) is 0 Å². The zero-order valence-corrected chi connectivity index (χ0v) is 15.1. The van der Waals surface area contributed by atoms with Gasteiger partial charge < -0.3 is 24.5 Å². The molecule has 136 valence electrons. The molecule has 0 amide bonds. The molecule has 1 aliphatic rings. The number of hydrogen-bond donors (Lipinski definition) is 2. The summed E-state index contributed by atoms with van der Waals surface area (Å²) in [5, 5.41) is 6.85. The molecule has 2 N–H and O–H groups in total. The predicted molar refractivity (Wildman–Crippen MR) is 95.4 cm³/mol. The monoisotopic (exact) mass is 337 g/mol. The number of nitrogens with zero attached hydrogens (tertiary/aromatic N) is 1. The molecule has 2 rings (SSSR count). The summed E-state index contributed by atoms with van der Waals surface area (Å²) in [6, 6.07) is 4.27. The number of guanidine groups is 1. The Kier molecular flexibility index (Phi) is 7.59. The highest BCUT2D eigenvalue weighted by Gasteiger charge is 2.32. The molecular formula is C18H31N3O3. The molecule has 0 aromatic carbocycles. The van der Waals surface area contributed by atoms with E-state index in [2.05, 4.69) is 24.5 Å². The largest absolute Gasteiger partial charge is 0.469 e. The SMILES string of the molecule is CCC(C)NC(=NCC1(OC)CCOCC1)NCCc1ccco1. The van der Waals surface area contributed by atoms with Crippen molar-refractivity contribution >= 4 is 5.96 Å². The number of furan rings is 1. The summed E-state index contributed by atoms with van der Waals surface area (Å²) < 4.78 is 16.6. The van der Waals surface area contributed by atoms with Gasteiger partial charge in [0.05, 0.1) is 18.4 Å². The van der Waals surface area contributed by atoms with Gasteiger partial charge in [0.15, 0.2) is 5.96 Å². The highest BCUT2D eigenvalue weighted by atomic mass is 16.5. The molecule has 0 radical (unpaired) electrons. The van der Waals surface area contributed by atoms with Gasteiger partial charge in [0.2, 0.25) is 0 Å². The minimum absolute atomic E-state index is 0.205. The van der Waals surface area contributed by atoms with Crippen LogP contribution in [0.3, 0.4) is 0 Å². The molecule has 1 unspecified atom stereocenters. The lowest BCUT2D eigenvalue weighted by Gasteiger charge is -2.34. The minimum Gasteiger partial charge on any atom is -0.469 e. The van der Waals surface area contributed by atoms with Crippen LogP contribution in [0.15, 0.2) is 27.8 Å². The van der Waals surface area contributed by atoms with Crippen molar-refractivity contribution in [3.8, 4) is 0 Å². The lowest BCUT2D eigenvalue weighted by atomic mass is 9.94. The topological polar surface area (TPSA) is 68.0 Å². The van der Waals surface area contributed by atoms with E-state index in [9.17, 15) is 0 Å². The van der Waals surface area contributed by atoms with Gasteiger partial charge in [-0.2, -0.15) is 0 Å². The molecule has 0 spiro atoms. The Morgan fingerprint density at radius 1 is 1.42 bits per heavy atom. The second-order valence-electron chi connectivity index (χ2n) is 6.37. The molecule has 1 aromatic heterocycles. The Morgan fingerprint density at radius 2 is 2.21 bits per heavy atom. The maximum atomic E-state index is 5.77. The lowest BCUT2D eigenvalue weighted by molar-refractivity contribution is -0.0828. The molecule has 1 aromatic rings. The van der Waals surface area contributed by atoms with Crippen molar-refractivity contribution in [3.63, 3.8) is 0 Å². The van der Waals surface area contributed by atoms with Gasteiger partial charge in [-0.15, -0.1) is 0 Å². The molecule has 2 heterocycles. The highest BCUT2D eigenvalue weighted by Crippen LogP contribution is 2.24. The van der Waals surface area contributed by atoms with Gasteiger partial charge in [-0.3, -0.25) is 4.99 Å². The first-order chi connectivity index (χ1) is 11.7. The summed E-state index contributed by atoms with van der Waals surface area (Å²) in [5.41, 5.74) is -0.205.